The van der Waals surface area contributed by atoms with Crippen molar-refractivity contribution in [2.24, 2.45) is 0 Å². The zero-order valence-electron chi connectivity index (χ0n) is 22.1. The third-order valence-corrected chi connectivity index (χ3v) is 7.40. The molecule has 2 aromatic carbocycles. The van der Waals surface area contributed by atoms with E-state index in [1.54, 1.807) is 12.1 Å². The van der Waals surface area contributed by atoms with Gasteiger partial charge in [-0.2, -0.15) is 10.2 Å². The molecule has 0 aliphatic carbocycles. The summed E-state index contributed by atoms with van der Waals surface area (Å²) in [4.78, 5) is 35.1. The van der Waals surface area contributed by atoms with E-state index in [-0.39, 0.29) is 29.2 Å². The summed E-state index contributed by atoms with van der Waals surface area (Å²) in [7, 11) is 0. The normalized spacial score (nSPS) is 14.1. The highest BCUT2D eigenvalue weighted by Crippen LogP contribution is 2.36. The Morgan fingerprint density at radius 2 is 1.77 bits per heavy atom. The first-order valence-electron chi connectivity index (χ1n) is 12.9. The predicted molar refractivity (Wildman–Crippen MR) is 142 cm³/mol. The number of halogens is 2. The minimum Gasteiger partial charge on any atom is -0.381 e. The van der Waals surface area contributed by atoms with Crippen molar-refractivity contribution >= 4 is 10.9 Å². The number of benzene rings is 2. The third-order valence-electron chi connectivity index (χ3n) is 7.40. The molecule has 0 spiro atoms. The molecule has 5 aromatic rings. The van der Waals surface area contributed by atoms with Gasteiger partial charge in [0.25, 0.3) is 5.56 Å². The summed E-state index contributed by atoms with van der Waals surface area (Å²) in [5.74, 6) is -1.79. The molecule has 3 heterocycles. The van der Waals surface area contributed by atoms with Crippen LogP contribution in [0.15, 0.2) is 71.3 Å². The quantitative estimate of drug-likeness (QED) is 0.299. The van der Waals surface area contributed by atoms with Crippen LogP contribution in [-0.2, 0) is 12.1 Å². The van der Waals surface area contributed by atoms with E-state index < -0.39 is 28.8 Å². The molecule has 0 aliphatic heterocycles. The minimum absolute atomic E-state index is 0.0523. The Bertz CT molecular complexity index is 1770. The second kappa shape index (κ2) is 10.6. The topological polar surface area (TPSA) is 126 Å². The van der Waals surface area contributed by atoms with Gasteiger partial charge in [-0.05, 0) is 44.0 Å². The van der Waals surface area contributed by atoms with Crippen molar-refractivity contribution in [1.29, 1.82) is 0 Å². The lowest BCUT2D eigenvalue weighted by Crippen LogP contribution is -2.43. The van der Waals surface area contributed by atoms with Gasteiger partial charge in [-0.1, -0.05) is 19.9 Å². The van der Waals surface area contributed by atoms with Crippen LogP contribution in [0.5, 0.6) is 0 Å². The average Bonchev–Trinajstić information content (AvgIpc) is 3.59. The monoisotopic (exact) mass is 550 g/mol. The zero-order chi connectivity index (χ0) is 28.6. The van der Waals surface area contributed by atoms with Crippen molar-refractivity contribution in [2.75, 3.05) is 0 Å². The van der Waals surface area contributed by atoms with Gasteiger partial charge in [-0.3, -0.25) is 9.36 Å². The van der Waals surface area contributed by atoms with Crippen molar-refractivity contribution in [3.05, 3.63) is 99.7 Å². The van der Waals surface area contributed by atoms with E-state index in [9.17, 15) is 19.1 Å². The first-order chi connectivity index (χ1) is 19.2. The Kier molecular flexibility index (Phi) is 7.15. The molecule has 11 nitrogen and oxygen atoms in total. The lowest BCUT2D eigenvalue weighted by Gasteiger charge is -2.35. The molecule has 0 bridgehead atoms. The Labute approximate surface area is 227 Å². The molecule has 0 fully saturated rings. The van der Waals surface area contributed by atoms with Crippen LogP contribution in [0, 0.1) is 11.6 Å². The van der Waals surface area contributed by atoms with Crippen LogP contribution in [0.25, 0.3) is 16.6 Å². The fraction of sp³-hybridized carbons (Fsp3) is 0.333. The van der Waals surface area contributed by atoms with Gasteiger partial charge in [-0.15, -0.1) is 0 Å². The number of fused-ring (bicyclic) bond motifs is 1. The van der Waals surface area contributed by atoms with Crippen molar-refractivity contribution < 1.29 is 13.9 Å². The standard InChI is InChI=1S/C27H28F2N8O3/c1-4-19(5-2)37-26(39)36(16-33-37)20-7-9-24-21(11-20)25(38)35(15-31-24)17(3)27(40,12-34-14-30-13-32-34)22-8-6-18(28)10-23(22)29/h6-11,13-17,19,40H,4-5,12H2,1-3H3/t17-,27-/m1/s1. The van der Waals surface area contributed by atoms with E-state index in [4.69, 9.17) is 0 Å². The molecule has 0 aliphatic rings. The molecular weight excluding hydrogens is 522 g/mol. The van der Waals surface area contributed by atoms with Crippen molar-refractivity contribution in [1.82, 2.24) is 38.7 Å². The predicted octanol–water partition coefficient (Wildman–Crippen LogP) is 3.12. The van der Waals surface area contributed by atoms with E-state index in [1.807, 2.05) is 13.8 Å². The number of nitrogens with zero attached hydrogens (tertiary/aromatic N) is 8. The molecule has 0 radical (unpaired) electrons. The van der Waals surface area contributed by atoms with Crippen molar-refractivity contribution in [3.8, 4) is 5.69 Å². The van der Waals surface area contributed by atoms with Gasteiger partial charge < -0.3 is 5.11 Å². The summed E-state index contributed by atoms with van der Waals surface area (Å²) < 4.78 is 34.0. The van der Waals surface area contributed by atoms with Crippen LogP contribution < -0.4 is 11.2 Å². The van der Waals surface area contributed by atoms with Crippen molar-refractivity contribution in [3.63, 3.8) is 0 Å². The molecule has 0 unspecified atom stereocenters. The first kappa shape index (κ1) is 27.1. The summed E-state index contributed by atoms with van der Waals surface area (Å²) in [5.41, 5.74) is -2.36. The fourth-order valence-electron chi connectivity index (χ4n) is 5.00. The molecule has 5 rings (SSSR count). The summed E-state index contributed by atoms with van der Waals surface area (Å²) >= 11 is 0. The zero-order valence-corrected chi connectivity index (χ0v) is 22.1. The molecule has 3 aromatic heterocycles. The maximum atomic E-state index is 15.0. The fourth-order valence-corrected chi connectivity index (χ4v) is 5.00. The molecule has 2 atom stereocenters. The maximum absolute atomic E-state index is 15.0. The highest BCUT2D eigenvalue weighted by Gasteiger charge is 2.41. The molecule has 208 valence electrons. The van der Waals surface area contributed by atoms with Gasteiger partial charge in [0.15, 0.2) is 0 Å². The van der Waals surface area contributed by atoms with Crippen LogP contribution in [0.4, 0.5) is 8.78 Å². The molecule has 0 amide bonds. The third kappa shape index (κ3) is 4.62. The van der Waals surface area contributed by atoms with E-state index in [0.717, 1.165) is 25.0 Å². The average molecular weight is 551 g/mol. The number of hydrogen-bond acceptors (Lipinski definition) is 7. The van der Waals surface area contributed by atoms with Crippen LogP contribution in [0.1, 0.15) is 51.3 Å². The molecular formula is C27H28F2N8O3. The first-order valence-corrected chi connectivity index (χ1v) is 12.9. The van der Waals surface area contributed by atoms with Crippen molar-refractivity contribution in [2.45, 2.75) is 57.8 Å². The number of rotatable bonds is 9. The summed E-state index contributed by atoms with van der Waals surface area (Å²) in [5, 5.41) is 20.4. The highest BCUT2D eigenvalue weighted by atomic mass is 19.1. The number of aromatic nitrogens is 8. The number of aliphatic hydroxyl groups is 1. The second-order valence-corrected chi connectivity index (χ2v) is 9.67. The Hall–Kier alpha value is -4.52. The largest absolute Gasteiger partial charge is 0.381 e. The molecule has 0 saturated carbocycles. The second-order valence-electron chi connectivity index (χ2n) is 9.67. The van der Waals surface area contributed by atoms with E-state index >= 15 is 4.39 Å². The van der Waals surface area contributed by atoms with E-state index in [0.29, 0.717) is 17.3 Å². The lowest BCUT2D eigenvalue weighted by molar-refractivity contribution is -0.0343. The van der Waals surface area contributed by atoms with Crippen LogP contribution >= 0.6 is 0 Å². The van der Waals surface area contributed by atoms with Crippen LogP contribution in [0.3, 0.4) is 0 Å². The van der Waals surface area contributed by atoms with Gasteiger partial charge in [-0.25, -0.2) is 37.5 Å². The van der Waals surface area contributed by atoms with Crippen LogP contribution in [0.2, 0.25) is 0 Å². The SMILES string of the molecule is CCC(CC)n1ncn(-c2ccc3ncn([C@H](C)[C@](O)(Cn4cncn4)c4ccc(F)cc4F)c(=O)c3c2)c1=O. The smallest absolute Gasteiger partial charge is 0.350 e. The van der Waals surface area contributed by atoms with Gasteiger partial charge in [0.1, 0.15) is 36.2 Å². The maximum Gasteiger partial charge on any atom is 0.350 e. The van der Waals surface area contributed by atoms with E-state index in [1.165, 1.54) is 56.8 Å². The van der Waals surface area contributed by atoms with Gasteiger partial charge in [0.2, 0.25) is 0 Å². The van der Waals surface area contributed by atoms with E-state index in [2.05, 4.69) is 20.2 Å². The number of hydrogen-bond donors (Lipinski definition) is 1. The summed E-state index contributed by atoms with van der Waals surface area (Å²) in [6, 6.07) is 6.50. The molecule has 1 N–H and O–H groups in total. The summed E-state index contributed by atoms with van der Waals surface area (Å²) in [6.45, 7) is 5.20. The molecule has 13 heteroatoms. The summed E-state index contributed by atoms with van der Waals surface area (Å²) in [6.07, 6.45) is 6.75. The van der Waals surface area contributed by atoms with Gasteiger partial charge >= 0.3 is 5.69 Å². The molecule has 40 heavy (non-hydrogen) atoms. The molecule has 0 saturated heterocycles. The minimum atomic E-state index is -2.06. The highest BCUT2D eigenvalue weighted by molar-refractivity contribution is 5.79. The lowest BCUT2D eigenvalue weighted by atomic mass is 9.86. The van der Waals surface area contributed by atoms with Gasteiger partial charge in [0.05, 0.1) is 41.5 Å². The van der Waals surface area contributed by atoms with Gasteiger partial charge in [0, 0.05) is 11.6 Å². The van der Waals surface area contributed by atoms with Crippen LogP contribution in [-0.4, -0.2) is 43.8 Å². The Morgan fingerprint density at radius 1 is 1.00 bits per heavy atom. The Balaban J connectivity index is 1.62. The Morgan fingerprint density at radius 3 is 2.45 bits per heavy atom.